The average molecular weight is 334 g/mol. The summed E-state index contributed by atoms with van der Waals surface area (Å²) in [6, 6.07) is 6.99. The number of nitriles is 1. The van der Waals surface area contributed by atoms with E-state index in [2.05, 4.69) is 0 Å². The molecular formula is C16H16ClN3O3. The van der Waals surface area contributed by atoms with Crippen molar-refractivity contribution in [3.63, 3.8) is 0 Å². The maximum atomic E-state index is 12.0. The van der Waals surface area contributed by atoms with Gasteiger partial charge in [0.15, 0.2) is 5.69 Å². The molecule has 0 aliphatic carbocycles. The summed E-state index contributed by atoms with van der Waals surface area (Å²) in [7, 11) is 1.25. The lowest BCUT2D eigenvalue weighted by Gasteiger charge is -2.13. The zero-order valence-corrected chi connectivity index (χ0v) is 13.7. The van der Waals surface area contributed by atoms with Crippen molar-refractivity contribution in [3.05, 3.63) is 40.7 Å². The molecule has 2 N–H and O–H groups in total. The molecule has 0 radical (unpaired) electrons. The highest BCUT2D eigenvalue weighted by atomic mass is 35.5. The Bertz CT molecular complexity index is 791. The summed E-state index contributed by atoms with van der Waals surface area (Å²) in [5.41, 5.74) is 6.76. The summed E-state index contributed by atoms with van der Waals surface area (Å²) in [5, 5.41) is 9.50. The van der Waals surface area contributed by atoms with Crippen LogP contribution in [0.2, 0.25) is 5.02 Å². The van der Waals surface area contributed by atoms with Crippen molar-refractivity contribution in [2.24, 2.45) is 0 Å². The molecule has 2 aromatic rings. The van der Waals surface area contributed by atoms with Crippen molar-refractivity contribution in [1.29, 1.82) is 5.26 Å². The molecular weight excluding hydrogens is 318 g/mol. The number of methoxy groups -OCH3 is 1. The highest BCUT2D eigenvalue weighted by molar-refractivity contribution is 6.32. The summed E-state index contributed by atoms with van der Waals surface area (Å²) < 4.78 is 11.8. The van der Waals surface area contributed by atoms with Crippen LogP contribution < -0.4 is 10.5 Å². The number of hydrogen-bond acceptors (Lipinski definition) is 5. The molecule has 0 spiro atoms. The number of carbonyl (C=O) groups excluding carboxylic acids is 1. The van der Waals surface area contributed by atoms with Gasteiger partial charge in [-0.25, -0.2) is 4.79 Å². The Kier molecular flexibility index (Phi) is 4.82. The van der Waals surface area contributed by atoms with Crippen LogP contribution in [0, 0.1) is 11.3 Å². The first-order valence-corrected chi connectivity index (χ1v) is 7.22. The lowest BCUT2D eigenvalue weighted by Crippen LogP contribution is -2.11. The van der Waals surface area contributed by atoms with Crippen molar-refractivity contribution in [1.82, 2.24) is 4.57 Å². The van der Waals surface area contributed by atoms with Crippen LogP contribution in [0.5, 0.6) is 5.75 Å². The number of hydrogen-bond donors (Lipinski definition) is 1. The summed E-state index contributed by atoms with van der Waals surface area (Å²) in [6.45, 7) is 3.79. The zero-order chi connectivity index (χ0) is 17.1. The Morgan fingerprint density at radius 2 is 2.13 bits per heavy atom. The number of ether oxygens (including phenoxy) is 2. The van der Waals surface area contributed by atoms with E-state index in [1.165, 1.54) is 17.9 Å². The van der Waals surface area contributed by atoms with Crippen LogP contribution in [-0.4, -0.2) is 23.8 Å². The van der Waals surface area contributed by atoms with Gasteiger partial charge in [0.2, 0.25) is 0 Å². The van der Waals surface area contributed by atoms with Gasteiger partial charge in [-0.3, -0.25) is 0 Å². The highest BCUT2D eigenvalue weighted by Crippen LogP contribution is 2.31. The van der Waals surface area contributed by atoms with Gasteiger partial charge in [0.05, 0.1) is 29.5 Å². The third-order valence-electron chi connectivity index (χ3n) is 3.10. The van der Waals surface area contributed by atoms with E-state index in [4.69, 9.17) is 32.1 Å². The minimum absolute atomic E-state index is 0.0172. The minimum atomic E-state index is -0.636. The number of anilines is 1. The van der Waals surface area contributed by atoms with Crippen LogP contribution in [0.3, 0.4) is 0 Å². The lowest BCUT2D eigenvalue weighted by molar-refractivity contribution is 0.0593. The van der Waals surface area contributed by atoms with Gasteiger partial charge in [0, 0.05) is 11.9 Å². The minimum Gasteiger partial charge on any atom is -0.489 e. The molecule has 0 unspecified atom stereocenters. The van der Waals surface area contributed by atoms with E-state index in [-0.39, 0.29) is 23.0 Å². The number of nitrogen functional groups attached to an aromatic ring is 1. The highest BCUT2D eigenvalue weighted by Gasteiger charge is 2.22. The normalized spacial score (nSPS) is 10.4. The van der Waals surface area contributed by atoms with Crippen LogP contribution in [0.4, 0.5) is 5.69 Å². The fraction of sp³-hybridized carbons (Fsp3) is 0.250. The third-order valence-corrected chi connectivity index (χ3v) is 3.40. The van der Waals surface area contributed by atoms with Crippen molar-refractivity contribution in [3.8, 4) is 17.5 Å². The van der Waals surface area contributed by atoms with Gasteiger partial charge in [-0.15, -0.1) is 0 Å². The van der Waals surface area contributed by atoms with Crippen LogP contribution >= 0.6 is 11.6 Å². The second-order valence-electron chi connectivity index (χ2n) is 5.06. The fourth-order valence-corrected chi connectivity index (χ4v) is 2.33. The molecule has 6 nitrogen and oxygen atoms in total. The maximum absolute atomic E-state index is 12.0. The van der Waals surface area contributed by atoms with E-state index in [1.54, 1.807) is 18.2 Å². The van der Waals surface area contributed by atoms with Crippen LogP contribution in [0.15, 0.2) is 24.4 Å². The van der Waals surface area contributed by atoms with Crippen LogP contribution in [0.1, 0.15) is 29.9 Å². The van der Waals surface area contributed by atoms with E-state index >= 15 is 0 Å². The van der Waals surface area contributed by atoms with Gasteiger partial charge in [-0.1, -0.05) is 11.6 Å². The number of carbonyl (C=O) groups is 1. The van der Waals surface area contributed by atoms with E-state index in [9.17, 15) is 4.79 Å². The van der Waals surface area contributed by atoms with Gasteiger partial charge in [0.1, 0.15) is 11.8 Å². The predicted octanol–water partition coefficient (Wildman–Crippen LogP) is 3.16. The number of aromatic nitrogens is 1. The molecule has 0 amide bonds. The first-order valence-electron chi connectivity index (χ1n) is 6.84. The van der Waals surface area contributed by atoms with Crippen molar-refractivity contribution in [2.75, 3.05) is 12.8 Å². The second-order valence-corrected chi connectivity index (χ2v) is 5.47. The Balaban J connectivity index is 2.56. The third kappa shape index (κ3) is 3.25. The molecule has 0 saturated carbocycles. The summed E-state index contributed by atoms with van der Waals surface area (Å²) in [6.07, 6.45) is 1.45. The monoisotopic (exact) mass is 333 g/mol. The van der Waals surface area contributed by atoms with Gasteiger partial charge in [-0.05, 0) is 32.0 Å². The SMILES string of the molecule is COC(=O)c1c(N)c(C#N)cn1-c1ccc(OC(C)C)c(Cl)c1. The Morgan fingerprint density at radius 1 is 1.43 bits per heavy atom. The summed E-state index contributed by atoms with van der Waals surface area (Å²) in [4.78, 5) is 12.0. The van der Waals surface area contributed by atoms with Gasteiger partial charge < -0.3 is 19.8 Å². The summed E-state index contributed by atoms with van der Waals surface area (Å²) in [5.74, 6) is -0.103. The Morgan fingerprint density at radius 3 is 2.65 bits per heavy atom. The molecule has 0 fully saturated rings. The molecule has 23 heavy (non-hydrogen) atoms. The van der Waals surface area contributed by atoms with E-state index in [0.29, 0.717) is 16.5 Å². The van der Waals surface area contributed by atoms with Crippen LogP contribution in [-0.2, 0) is 4.74 Å². The predicted molar refractivity (Wildman–Crippen MR) is 87.0 cm³/mol. The number of nitrogens with two attached hydrogens (primary N) is 1. The van der Waals surface area contributed by atoms with Crippen molar-refractivity contribution >= 4 is 23.3 Å². The molecule has 0 aliphatic heterocycles. The van der Waals surface area contributed by atoms with Crippen molar-refractivity contribution < 1.29 is 14.3 Å². The van der Waals surface area contributed by atoms with Gasteiger partial charge in [-0.2, -0.15) is 5.26 Å². The molecule has 7 heteroatoms. The molecule has 120 valence electrons. The van der Waals surface area contributed by atoms with Gasteiger partial charge >= 0.3 is 5.97 Å². The average Bonchev–Trinajstić information content (AvgIpc) is 2.85. The molecule has 1 heterocycles. The second kappa shape index (κ2) is 6.63. The fourth-order valence-electron chi connectivity index (χ4n) is 2.11. The quantitative estimate of drug-likeness (QED) is 0.868. The molecule has 2 rings (SSSR count). The number of halogens is 1. The van der Waals surface area contributed by atoms with E-state index in [1.807, 2.05) is 19.9 Å². The maximum Gasteiger partial charge on any atom is 0.357 e. The first-order chi connectivity index (χ1) is 10.9. The standard InChI is InChI=1S/C16H16ClN3O3/c1-9(2)23-13-5-4-11(6-12(13)17)20-8-10(7-18)14(19)15(20)16(21)22-3/h4-6,8-9H,19H2,1-3H3. The smallest absolute Gasteiger partial charge is 0.357 e. The molecule has 0 bridgehead atoms. The molecule has 0 saturated heterocycles. The number of esters is 1. The topological polar surface area (TPSA) is 90.3 Å². The molecule has 1 aromatic carbocycles. The molecule has 0 atom stereocenters. The number of nitrogens with zero attached hydrogens (tertiary/aromatic N) is 2. The zero-order valence-electron chi connectivity index (χ0n) is 13.0. The lowest BCUT2D eigenvalue weighted by atomic mass is 10.2. The van der Waals surface area contributed by atoms with Crippen molar-refractivity contribution in [2.45, 2.75) is 20.0 Å². The number of benzene rings is 1. The largest absolute Gasteiger partial charge is 0.489 e. The van der Waals surface area contributed by atoms with E-state index in [0.717, 1.165) is 0 Å². The van der Waals surface area contributed by atoms with Gasteiger partial charge in [0.25, 0.3) is 0 Å². The van der Waals surface area contributed by atoms with Crippen LogP contribution in [0.25, 0.3) is 5.69 Å². The Labute approximate surface area is 139 Å². The molecule has 1 aromatic heterocycles. The first kappa shape index (κ1) is 16.7. The molecule has 0 aliphatic rings. The Hall–Kier alpha value is -2.65. The number of rotatable bonds is 4. The van der Waals surface area contributed by atoms with E-state index < -0.39 is 5.97 Å². The summed E-state index contributed by atoms with van der Waals surface area (Å²) >= 11 is 6.22.